The number of nitrogens with zero attached hydrogens (tertiary/aromatic N) is 3. The molecule has 0 aliphatic carbocycles. The van der Waals surface area contributed by atoms with E-state index in [1.54, 1.807) is 21.7 Å². The van der Waals surface area contributed by atoms with Crippen LogP contribution in [-0.2, 0) is 29.5 Å². The number of aliphatic hydroxyl groups excluding tert-OH is 2. The molecule has 2 N–H and O–H groups in total. The van der Waals surface area contributed by atoms with Gasteiger partial charge in [-0.05, 0) is 18.2 Å². The second kappa shape index (κ2) is 6.62. The van der Waals surface area contributed by atoms with Gasteiger partial charge in [0.05, 0.1) is 30.2 Å². The van der Waals surface area contributed by atoms with Crippen LogP contribution in [0.5, 0.6) is 0 Å². The summed E-state index contributed by atoms with van der Waals surface area (Å²) >= 11 is 0. The second-order valence-electron chi connectivity index (χ2n) is 6.04. The smallest absolute Gasteiger partial charge is 0.289 e. The Morgan fingerprint density at radius 2 is 2.16 bits per heavy atom. The summed E-state index contributed by atoms with van der Waals surface area (Å²) in [5, 5.41) is 23.3. The van der Waals surface area contributed by atoms with Crippen molar-refractivity contribution in [3.8, 4) is 0 Å². The zero-order valence-corrected chi connectivity index (χ0v) is 14.4. The van der Waals surface area contributed by atoms with E-state index in [1.165, 1.54) is 6.07 Å². The van der Waals surface area contributed by atoms with E-state index in [9.17, 15) is 18.3 Å². The standard InChI is InChI=1S/C15H19N3O6S/c1-25(22,23)9-13(20)12-6-10-7-17(4-5-18(10)16-12)15(21)14-3-2-11(8-19)24-14/h2-3,6,13,19-20H,4-5,7-9H2,1H3. The van der Waals surface area contributed by atoms with E-state index in [1.807, 2.05) is 0 Å². The van der Waals surface area contributed by atoms with Crippen molar-refractivity contribution < 1.29 is 27.8 Å². The summed E-state index contributed by atoms with van der Waals surface area (Å²) < 4.78 is 29.5. The molecule has 1 aliphatic rings. The van der Waals surface area contributed by atoms with Crippen LogP contribution in [0.15, 0.2) is 22.6 Å². The minimum absolute atomic E-state index is 0.148. The van der Waals surface area contributed by atoms with Crippen molar-refractivity contribution in [3.05, 3.63) is 41.1 Å². The minimum atomic E-state index is -3.33. The van der Waals surface area contributed by atoms with Gasteiger partial charge in [-0.2, -0.15) is 5.10 Å². The van der Waals surface area contributed by atoms with Crippen molar-refractivity contribution in [2.45, 2.75) is 25.8 Å². The number of amides is 1. The number of furan rings is 1. The van der Waals surface area contributed by atoms with Crippen LogP contribution in [0, 0.1) is 0 Å². The molecular formula is C15H19N3O6S. The Morgan fingerprint density at radius 3 is 2.80 bits per heavy atom. The lowest BCUT2D eigenvalue weighted by Crippen LogP contribution is -2.38. The summed E-state index contributed by atoms with van der Waals surface area (Å²) in [6.45, 7) is 0.832. The van der Waals surface area contributed by atoms with Gasteiger partial charge in [0.1, 0.15) is 28.3 Å². The first kappa shape index (κ1) is 17.6. The Morgan fingerprint density at radius 1 is 1.40 bits per heavy atom. The van der Waals surface area contributed by atoms with Crippen LogP contribution in [0.2, 0.25) is 0 Å². The zero-order valence-electron chi connectivity index (χ0n) is 13.6. The maximum absolute atomic E-state index is 12.5. The van der Waals surface area contributed by atoms with Crippen molar-refractivity contribution in [2.24, 2.45) is 0 Å². The largest absolute Gasteiger partial charge is 0.453 e. The molecule has 9 nitrogen and oxygen atoms in total. The second-order valence-corrected chi connectivity index (χ2v) is 8.23. The fourth-order valence-corrected chi connectivity index (χ4v) is 3.47. The van der Waals surface area contributed by atoms with Gasteiger partial charge in [0, 0.05) is 12.8 Å². The summed E-state index contributed by atoms with van der Waals surface area (Å²) in [5.74, 6) is -0.237. The molecule has 136 valence electrons. The van der Waals surface area contributed by atoms with Crippen LogP contribution < -0.4 is 0 Å². The summed E-state index contributed by atoms with van der Waals surface area (Å²) in [5.41, 5.74) is 0.978. The Labute approximate surface area is 144 Å². The summed E-state index contributed by atoms with van der Waals surface area (Å²) in [6, 6.07) is 4.67. The topological polar surface area (TPSA) is 126 Å². The Bertz CT molecular complexity index is 885. The maximum atomic E-state index is 12.5. The highest BCUT2D eigenvalue weighted by Crippen LogP contribution is 2.21. The zero-order chi connectivity index (χ0) is 18.2. The Kier molecular flexibility index (Phi) is 4.67. The number of aromatic nitrogens is 2. The number of rotatable bonds is 5. The van der Waals surface area contributed by atoms with Crippen LogP contribution >= 0.6 is 0 Å². The van der Waals surface area contributed by atoms with Crippen LogP contribution in [0.1, 0.15) is 33.8 Å². The molecule has 1 unspecified atom stereocenters. The fourth-order valence-electron chi connectivity index (χ4n) is 2.73. The normalized spacial score (nSPS) is 15.9. The molecule has 10 heteroatoms. The summed E-state index contributed by atoms with van der Waals surface area (Å²) in [4.78, 5) is 14.0. The van der Waals surface area contributed by atoms with E-state index in [-0.39, 0.29) is 30.5 Å². The van der Waals surface area contributed by atoms with Crippen molar-refractivity contribution in [1.82, 2.24) is 14.7 Å². The fraction of sp³-hybridized carbons (Fsp3) is 0.467. The van der Waals surface area contributed by atoms with Gasteiger partial charge in [0.2, 0.25) is 0 Å². The van der Waals surface area contributed by atoms with Crippen molar-refractivity contribution in [2.75, 3.05) is 18.6 Å². The molecule has 0 spiro atoms. The number of carbonyl (C=O) groups excluding carboxylic acids is 1. The van der Waals surface area contributed by atoms with Crippen molar-refractivity contribution in [3.63, 3.8) is 0 Å². The molecule has 3 rings (SSSR count). The predicted octanol–water partition coefficient (Wildman–Crippen LogP) is -0.298. The predicted molar refractivity (Wildman–Crippen MR) is 86.3 cm³/mol. The number of fused-ring (bicyclic) bond motifs is 1. The highest BCUT2D eigenvalue weighted by molar-refractivity contribution is 7.90. The molecular weight excluding hydrogens is 350 g/mol. The maximum Gasteiger partial charge on any atom is 0.289 e. The van der Waals surface area contributed by atoms with E-state index >= 15 is 0 Å². The van der Waals surface area contributed by atoms with E-state index in [2.05, 4.69) is 5.10 Å². The van der Waals surface area contributed by atoms with Crippen LogP contribution in [0.4, 0.5) is 0 Å². The molecule has 0 saturated carbocycles. The van der Waals surface area contributed by atoms with Gasteiger partial charge in [0.25, 0.3) is 5.91 Å². The first-order chi connectivity index (χ1) is 11.8. The van der Waals surface area contributed by atoms with Crippen molar-refractivity contribution in [1.29, 1.82) is 0 Å². The molecule has 25 heavy (non-hydrogen) atoms. The molecule has 2 aromatic heterocycles. The molecule has 1 atom stereocenters. The molecule has 1 aliphatic heterocycles. The third-order valence-corrected chi connectivity index (χ3v) is 4.86. The monoisotopic (exact) mass is 369 g/mol. The van der Waals surface area contributed by atoms with Gasteiger partial charge in [-0.1, -0.05) is 0 Å². The molecule has 1 amide bonds. The first-order valence-electron chi connectivity index (χ1n) is 7.68. The third kappa shape index (κ3) is 3.91. The van der Waals surface area contributed by atoms with E-state index < -0.39 is 21.7 Å². The molecule has 0 fully saturated rings. The van der Waals surface area contributed by atoms with Gasteiger partial charge < -0.3 is 19.5 Å². The third-order valence-electron chi connectivity index (χ3n) is 3.93. The van der Waals surface area contributed by atoms with Crippen LogP contribution in [0.3, 0.4) is 0 Å². The molecule has 0 radical (unpaired) electrons. The SMILES string of the molecule is CS(=O)(=O)CC(O)c1cc2n(n1)CCN(C(=O)c1ccc(CO)o1)C2. The highest BCUT2D eigenvalue weighted by Gasteiger charge is 2.27. The Balaban J connectivity index is 1.74. The average molecular weight is 369 g/mol. The minimum Gasteiger partial charge on any atom is -0.453 e. The first-order valence-corrected chi connectivity index (χ1v) is 9.74. The number of carbonyl (C=O) groups is 1. The number of hydrogen-bond acceptors (Lipinski definition) is 7. The van der Waals surface area contributed by atoms with Gasteiger partial charge >= 0.3 is 0 Å². The summed E-state index contributed by atoms with van der Waals surface area (Å²) in [7, 11) is -3.33. The lowest BCUT2D eigenvalue weighted by atomic mass is 10.2. The molecule has 2 aromatic rings. The van der Waals surface area contributed by atoms with Gasteiger partial charge in [-0.3, -0.25) is 9.48 Å². The van der Waals surface area contributed by atoms with Gasteiger partial charge in [0.15, 0.2) is 5.76 Å². The van der Waals surface area contributed by atoms with Gasteiger partial charge in [-0.15, -0.1) is 0 Å². The quantitative estimate of drug-likeness (QED) is 0.741. The average Bonchev–Trinajstić information content (AvgIpc) is 3.18. The van der Waals surface area contributed by atoms with Crippen LogP contribution in [-0.4, -0.2) is 57.8 Å². The van der Waals surface area contributed by atoms with Gasteiger partial charge in [-0.25, -0.2) is 8.42 Å². The molecule has 0 bridgehead atoms. The summed E-state index contributed by atoms with van der Waals surface area (Å²) in [6.07, 6.45) is -0.147. The van der Waals surface area contributed by atoms with E-state index in [4.69, 9.17) is 9.52 Å². The molecule has 3 heterocycles. The van der Waals surface area contributed by atoms with Crippen molar-refractivity contribution >= 4 is 15.7 Å². The Hall–Kier alpha value is -2.17. The number of aliphatic hydroxyl groups is 2. The highest BCUT2D eigenvalue weighted by atomic mass is 32.2. The van der Waals surface area contributed by atoms with Crippen LogP contribution in [0.25, 0.3) is 0 Å². The van der Waals surface area contributed by atoms with E-state index in [0.717, 1.165) is 6.26 Å². The lowest BCUT2D eigenvalue weighted by Gasteiger charge is -2.26. The number of sulfone groups is 1. The molecule has 0 aromatic carbocycles. The van der Waals surface area contributed by atoms with E-state index in [0.29, 0.717) is 24.5 Å². The lowest BCUT2D eigenvalue weighted by molar-refractivity contribution is 0.0668. The molecule has 0 saturated heterocycles. The number of hydrogen-bond donors (Lipinski definition) is 2.